The predicted octanol–water partition coefficient (Wildman–Crippen LogP) is 5.82. The molecule has 1 aromatic rings. The maximum atomic E-state index is 13.6. The Balaban J connectivity index is 1.28. The molecule has 4 aliphatic rings. The summed E-state index contributed by atoms with van der Waals surface area (Å²) in [7, 11) is -3.63. The van der Waals surface area contributed by atoms with Gasteiger partial charge in [0.15, 0.2) is 9.84 Å². The third-order valence-corrected chi connectivity index (χ3v) is 10.7. The minimum atomic E-state index is -3.63. The van der Waals surface area contributed by atoms with Gasteiger partial charge < -0.3 is 19.7 Å². The molecule has 4 fully saturated rings. The molecule has 12 heteroatoms. The molecule has 3 saturated carbocycles. The monoisotopic (exact) mass is 614 g/mol. The normalized spacial score (nSPS) is 26.0. The van der Waals surface area contributed by atoms with Crippen LogP contribution >= 0.6 is 0 Å². The topological polar surface area (TPSA) is 102 Å². The molecule has 5 rings (SSSR count). The Hall–Kier alpha value is -2.76. The fraction of sp³-hybridized carbons (Fsp3) is 0.667. The molecule has 234 valence electrons. The second kappa shape index (κ2) is 12.1. The molecule has 1 heterocycles. The van der Waals surface area contributed by atoms with Gasteiger partial charge in [0.1, 0.15) is 18.0 Å². The minimum absolute atomic E-state index is 0.0223. The summed E-state index contributed by atoms with van der Waals surface area (Å²) in [5.74, 6) is -2.43. The first kappa shape index (κ1) is 32.2. The van der Waals surface area contributed by atoms with Gasteiger partial charge in [-0.25, -0.2) is 26.4 Å². The second-order valence-corrected chi connectivity index (χ2v) is 15.1. The van der Waals surface area contributed by atoms with Crippen molar-refractivity contribution in [3.05, 3.63) is 36.2 Å². The lowest BCUT2D eigenvalue weighted by Crippen LogP contribution is -2.55. The summed E-state index contributed by atoms with van der Waals surface area (Å²) in [6.45, 7) is 5.03. The Kier molecular flexibility index (Phi) is 9.25. The zero-order valence-corrected chi connectivity index (χ0v) is 25.3. The van der Waals surface area contributed by atoms with Crippen LogP contribution in [0.1, 0.15) is 72.1 Å². The number of amides is 2. The highest BCUT2D eigenvalue weighted by molar-refractivity contribution is 7.91. The van der Waals surface area contributed by atoms with Gasteiger partial charge >= 0.3 is 6.09 Å². The molecule has 3 aliphatic carbocycles. The van der Waals surface area contributed by atoms with Crippen molar-refractivity contribution in [1.29, 1.82) is 0 Å². The fourth-order valence-corrected chi connectivity index (χ4v) is 8.16. The number of fused-ring (bicyclic) bond motifs is 3. The van der Waals surface area contributed by atoms with Crippen LogP contribution < -0.4 is 10.1 Å². The minimum Gasteiger partial charge on any atom is -0.489 e. The standard InChI is InChI=1S/C30H41F3N2O6S/c1-27(2,3)41-26(37)34-19-22(18-31)20-40-23-4-6-24(7-5-23)42(38,39)21-28-8-11-29(12-9-28,13-10-28)25(36)35-16-14-30(32,33)15-17-35/h4-7,18H,8-17,19-21H2,1-3H3,(H,34,37)/b22-18+. The molecule has 2 bridgehead atoms. The zero-order chi connectivity index (χ0) is 30.8. The number of hydrogen-bond acceptors (Lipinski definition) is 6. The van der Waals surface area contributed by atoms with Crippen LogP contribution in [-0.2, 0) is 19.4 Å². The van der Waals surface area contributed by atoms with E-state index in [1.807, 2.05) is 0 Å². The van der Waals surface area contributed by atoms with Gasteiger partial charge in [-0.2, -0.15) is 0 Å². The summed E-state index contributed by atoms with van der Waals surface area (Å²) in [6.07, 6.45) is 2.61. The number of hydrogen-bond donors (Lipinski definition) is 1. The molecule has 0 radical (unpaired) electrons. The van der Waals surface area contributed by atoms with Gasteiger partial charge in [0.2, 0.25) is 5.91 Å². The van der Waals surface area contributed by atoms with Crippen LogP contribution in [-0.4, -0.2) is 68.8 Å². The van der Waals surface area contributed by atoms with Crippen LogP contribution in [0.3, 0.4) is 0 Å². The number of likely N-dealkylation sites (tertiary alicyclic amines) is 1. The molecule has 8 nitrogen and oxygen atoms in total. The second-order valence-electron chi connectivity index (χ2n) is 13.1. The zero-order valence-electron chi connectivity index (χ0n) is 24.5. The molecule has 42 heavy (non-hydrogen) atoms. The summed E-state index contributed by atoms with van der Waals surface area (Å²) in [6, 6.07) is 5.94. The lowest BCUT2D eigenvalue weighted by molar-refractivity contribution is -0.156. The number of carbonyl (C=O) groups excluding carboxylic acids is 2. The van der Waals surface area contributed by atoms with Crippen LogP contribution in [0.5, 0.6) is 5.75 Å². The Morgan fingerprint density at radius 3 is 2.07 bits per heavy atom. The number of alkyl carbamates (subject to hydrolysis) is 1. The molecule has 1 aliphatic heterocycles. The van der Waals surface area contributed by atoms with Gasteiger partial charge in [-0.05, 0) is 89.0 Å². The molecule has 0 spiro atoms. The molecule has 1 aromatic carbocycles. The number of nitrogens with one attached hydrogen (secondary N) is 1. The SMILES string of the molecule is CC(C)(C)OC(=O)NC/C(=C\F)COc1ccc(S(=O)(=O)CC23CCC(C(=O)N4CCC(F)(F)CC4)(CC2)CC3)cc1. The first-order valence-electron chi connectivity index (χ1n) is 14.4. The molecule has 1 N–H and O–H groups in total. The van der Waals surface area contributed by atoms with Crippen molar-refractivity contribution < 1.29 is 40.7 Å². The van der Waals surface area contributed by atoms with E-state index in [9.17, 15) is 31.2 Å². The van der Waals surface area contributed by atoms with Crippen LogP contribution in [0.4, 0.5) is 18.0 Å². The number of benzene rings is 1. The highest BCUT2D eigenvalue weighted by Crippen LogP contribution is 2.58. The Labute approximate surface area is 245 Å². The molecular formula is C30H41F3N2O6S. The molecule has 0 aromatic heterocycles. The van der Waals surface area contributed by atoms with Gasteiger partial charge in [-0.15, -0.1) is 0 Å². The van der Waals surface area contributed by atoms with Crippen molar-refractivity contribution in [2.75, 3.05) is 32.0 Å². The van der Waals surface area contributed by atoms with Crippen molar-refractivity contribution in [3.63, 3.8) is 0 Å². The van der Waals surface area contributed by atoms with E-state index >= 15 is 0 Å². The van der Waals surface area contributed by atoms with E-state index < -0.39 is 38.3 Å². The van der Waals surface area contributed by atoms with Crippen LogP contribution in [0, 0.1) is 10.8 Å². The first-order valence-corrected chi connectivity index (χ1v) is 16.1. The van der Waals surface area contributed by atoms with Crippen LogP contribution in [0.25, 0.3) is 0 Å². The Morgan fingerprint density at radius 1 is 0.976 bits per heavy atom. The number of piperidine rings is 1. The first-order chi connectivity index (χ1) is 19.6. The summed E-state index contributed by atoms with van der Waals surface area (Å²) in [4.78, 5) is 26.8. The molecular weight excluding hydrogens is 573 g/mol. The summed E-state index contributed by atoms with van der Waals surface area (Å²) >= 11 is 0. The predicted molar refractivity (Wildman–Crippen MR) is 151 cm³/mol. The number of rotatable bonds is 9. The van der Waals surface area contributed by atoms with Crippen LogP contribution in [0.2, 0.25) is 0 Å². The van der Waals surface area contributed by atoms with E-state index in [0.717, 1.165) is 0 Å². The van der Waals surface area contributed by atoms with E-state index in [1.165, 1.54) is 24.3 Å². The molecule has 0 atom stereocenters. The number of alkyl halides is 2. The number of halogens is 3. The number of sulfone groups is 1. The number of ether oxygens (including phenoxy) is 2. The summed E-state index contributed by atoms with van der Waals surface area (Å²) in [5, 5.41) is 2.46. The number of carbonyl (C=O) groups is 2. The number of nitrogens with zero attached hydrogens (tertiary/aromatic N) is 1. The summed E-state index contributed by atoms with van der Waals surface area (Å²) in [5.41, 5.74) is -1.49. The maximum Gasteiger partial charge on any atom is 0.407 e. The van der Waals surface area contributed by atoms with E-state index in [1.54, 1.807) is 25.7 Å². The van der Waals surface area contributed by atoms with Crippen molar-refractivity contribution in [2.45, 2.75) is 88.6 Å². The average Bonchev–Trinajstić information content (AvgIpc) is 2.92. The lowest BCUT2D eigenvalue weighted by atomic mass is 9.54. The Morgan fingerprint density at radius 2 is 1.55 bits per heavy atom. The van der Waals surface area contributed by atoms with E-state index in [2.05, 4.69) is 5.32 Å². The van der Waals surface area contributed by atoms with Gasteiger partial charge in [0, 0.05) is 43.5 Å². The third-order valence-electron chi connectivity index (χ3n) is 8.75. The van der Waals surface area contributed by atoms with Crippen molar-refractivity contribution >= 4 is 21.8 Å². The average molecular weight is 615 g/mol. The maximum absolute atomic E-state index is 13.6. The van der Waals surface area contributed by atoms with Gasteiger partial charge in [0.05, 0.1) is 17.0 Å². The van der Waals surface area contributed by atoms with E-state index in [0.29, 0.717) is 50.6 Å². The molecule has 1 saturated heterocycles. The molecule has 2 amide bonds. The van der Waals surface area contributed by atoms with Gasteiger partial charge in [-0.1, -0.05) is 0 Å². The lowest BCUT2D eigenvalue weighted by Gasteiger charge is -2.53. The van der Waals surface area contributed by atoms with E-state index in [-0.39, 0.29) is 61.2 Å². The molecule has 0 unspecified atom stereocenters. The van der Waals surface area contributed by atoms with Gasteiger partial charge in [0.25, 0.3) is 5.92 Å². The van der Waals surface area contributed by atoms with E-state index in [4.69, 9.17) is 9.47 Å². The van der Waals surface area contributed by atoms with Crippen LogP contribution in [0.15, 0.2) is 41.1 Å². The van der Waals surface area contributed by atoms with Crippen molar-refractivity contribution in [2.24, 2.45) is 10.8 Å². The summed E-state index contributed by atoms with van der Waals surface area (Å²) < 4.78 is 77.9. The van der Waals surface area contributed by atoms with Crippen molar-refractivity contribution in [3.8, 4) is 5.75 Å². The third kappa shape index (κ3) is 7.79. The van der Waals surface area contributed by atoms with Gasteiger partial charge in [-0.3, -0.25) is 4.79 Å². The largest absolute Gasteiger partial charge is 0.489 e. The smallest absolute Gasteiger partial charge is 0.407 e. The van der Waals surface area contributed by atoms with Crippen molar-refractivity contribution in [1.82, 2.24) is 10.2 Å². The highest BCUT2D eigenvalue weighted by Gasteiger charge is 2.55. The highest BCUT2D eigenvalue weighted by atomic mass is 32.2. The quantitative estimate of drug-likeness (QED) is 0.377. The Bertz CT molecular complexity index is 1260. The fourth-order valence-electron chi connectivity index (χ4n) is 6.20.